The number of amides is 1. The Balaban J connectivity index is 2.03. The first-order valence-electron chi connectivity index (χ1n) is 7.91. The molecule has 1 amide bonds. The molecule has 2 rings (SSSR count). The molecule has 2 aromatic carbocycles. The lowest BCUT2D eigenvalue weighted by Gasteiger charge is -2.24. The van der Waals surface area contributed by atoms with Crippen molar-refractivity contribution in [2.75, 3.05) is 19.5 Å². The van der Waals surface area contributed by atoms with Gasteiger partial charge >= 0.3 is 0 Å². The fraction of sp³-hybridized carbons (Fsp3) is 0.316. The molecule has 6 heteroatoms. The topological polar surface area (TPSA) is 41.6 Å². The van der Waals surface area contributed by atoms with Crippen LogP contribution in [0.4, 0.5) is 10.1 Å². The number of nitrogens with zero attached hydrogens (tertiary/aromatic N) is 1. The highest BCUT2D eigenvalue weighted by Crippen LogP contribution is 2.21. The zero-order chi connectivity index (χ0) is 18.6. The monoisotopic (exact) mass is 364 g/mol. The van der Waals surface area contributed by atoms with Crippen LogP contribution in [0.25, 0.3) is 0 Å². The Morgan fingerprint density at radius 3 is 2.68 bits per heavy atom. The summed E-state index contributed by atoms with van der Waals surface area (Å²) in [5.41, 5.74) is 2.39. The molecule has 0 aliphatic rings. The van der Waals surface area contributed by atoms with Crippen molar-refractivity contribution in [2.45, 2.75) is 26.4 Å². The molecular formula is C19H22ClFN2O2. The van der Waals surface area contributed by atoms with E-state index in [1.807, 2.05) is 24.9 Å². The highest BCUT2D eigenvalue weighted by molar-refractivity contribution is 6.31. The second kappa shape index (κ2) is 8.32. The summed E-state index contributed by atoms with van der Waals surface area (Å²) in [6.07, 6.45) is 0. The third kappa shape index (κ3) is 4.94. The number of nitrogens with one attached hydrogen (secondary N) is 1. The maximum Gasteiger partial charge on any atom is 0.241 e. The van der Waals surface area contributed by atoms with E-state index < -0.39 is 11.9 Å². The normalized spacial score (nSPS) is 12.1. The van der Waals surface area contributed by atoms with E-state index in [1.165, 1.54) is 13.2 Å². The number of halogens is 2. The van der Waals surface area contributed by atoms with Crippen LogP contribution in [0.2, 0.25) is 5.02 Å². The molecular weight excluding hydrogens is 343 g/mol. The summed E-state index contributed by atoms with van der Waals surface area (Å²) in [7, 11) is 3.24. The molecule has 0 heterocycles. The zero-order valence-electron chi connectivity index (χ0n) is 14.8. The number of carbonyl (C=O) groups is 1. The molecule has 2 aromatic rings. The van der Waals surface area contributed by atoms with Crippen LogP contribution in [-0.4, -0.2) is 31.0 Å². The maximum absolute atomic E-state index is 13.8. The van der Waals surface area contributed by atoms with Crippen LogP contribution in [0, 0.1) is 12.7 Å². The summed E-state index contributed by atoms with van der Waals surface area (Å²) < 4.78 is 18.7. The SMILES string of the molecule is COc1ccc(CN(C)C(C)C(=O)Nc2cc(Cl)ccc2C)cc1F. The Morgan fingerprint density at radius 2 is 2.04 bits per heavy atom. The number of likely N-dealkylation sites (N-methyl/N-ethyl adjacent to an activating group) is 1. The van der Waals surface area contributed by atoms with Gasteiger partial charge in [0.25, 0.3) is 0 Å². The van der Waals surface area contributed by atoms with Gasteiger partial charge in [-0.2, -0.15) is 0 Å². The molecule has 0 saturated carbocycles. The van der Waals surface area contributed by atoms with Crippen molar-refractivity contribution in [2.24, 2.45) is 0 Å². The van der Waals surface area contributed by atoms with Gasteiger partial charge in [0.1, 0.15) is 0 Å². The summed E-state index contributed by atoms with van der Waals surface area (Å²) in [4.78, 5) is 14.3. The van der Waals surface area contributed by atoms with Gasteiger partial charge in [0.05, 0.1) is 13.2 Å². The minimum absolute atomic E-state index is 0.151. The van der Waals surface area contributed by atoms with Crippen molar-refractivity contribution in [1.29, 1.82) is 0 Å². The molecule has 0 bridgehead atoms. The number of hydrogen-bond acceptors (Lipinski definition) is 3. The second-order valence-corrected chi connectivity index (χ2v) is 6.44. The molecule has 0 fully saturated rings. The van der Waals surface area contributed by atoms with E-state index in [4.69, 9.17) is 16.3 Å². The van der Waals surface area contributed by atoms with Crippen molar-refractivity contribution in [3.8, 4) is 5.75 Å². The van der Waals surface area contributed by atoms with Gasteiger partial charge < -0.3 is 10.1 Å². The van der Waals surface area contributed by atoms with Gasteiger partial charge in [-0.15, -0.1) is 0 Å². The third-order valence-corrected chi connectivity index (χ3v) is 4.38. The van der Waals surface area contributed by atoms with Crippen LogP contribution in [-0.2, 0) is 11.3 Å². The molecule has 1 atom stereocenters. The minimum atomic E-state index is -0.417. The van der Waals surface area contributed by atoms with Crippen LogP contribution in [0.1, 0.15) is 18.1 Å². The van der Waals surface area contributed by atoms with E-state index in [2.05, 4.69) is 5.32 Å². The smallest absolute Gasteiger partial charge is 0.241 e. The molecule has 0 aromatic heterocycles. The number of anilines is 1. The first-order chi connectivity index (χ1) is 11.8. The predicted molar refractivity (Wildman–Crippen MR) is 98.7 cm³/mol. The molecule has 0 radical (unpaired) electrons. The fourth-order valence-electron chi connectivity index (χ4n) is 2.40. The summed E-state index contributed by atoms with van der Waals surface area (Å²) >= 11 is 5.98. The van der Waals surface area contributed by atoms with Crippen molar-refractivity contribution in [3.05, 3.63) is 58.4 Å². The molecule has 0 aliphatic heterocycles. The average Bonchev–Trinajstić information content (AvgIpc) is 2.57. The average molecular weight is 365 g/mol. The number of hydrogen-bond donors (Lipinski definition) is 1. The summed E-state index contributed by atoms with van der Waals surface area (Å²) in [5.74, 6) is -0.365. The number of aryl methyl sites for hydroxylation is 1. The predicted octanol–water partition coefficient (Wildman–Crippen LogP) is 4.26. The van der Waals surface area contributed by atoms with Crippen molar-refractivity contribution in [3.63, 3.8) is 0 Å². The fourth-order valence-corrected chi connectivity index (χ4v) is 2.57. The lowest BCUT2D eigenvalue weighted by Crippen LogP contribution is -2.39. The van der Waals surface area contributed by atoms with Crippen LogP contribution in [0.5, 0.6) is 5.75 Å². The van der Waals surface area contributed by atoms with E-state index in [-0.39, 0.29) is 11.7 Å². The van der Waals surface area contributed by atoms with Crippen LogP contribution < -0.4 is 10.1 Å². The number of rotatable bonds is 6. The van der Waals surface area contributed by atoms with Crippen LogP contribution in [0.15, 0.2) is 36.4 Å². The number of ether oxygens (including phenoxy) is 1. The Kier molecular flexibility index (Phi) is 6.39. The van der Waals surface area contributed by atoms with E-state index in [1.54, 1.807) is 31.2 Å². The lowest BCUT2D eigenvalue weighted by molar-refractivity contribution is -0.120. The second-order valence-electron chi connectivity index (χ2n) is 6.01. The minimum Gasteiger partial charge on any atom is -0.494 e. The first kappa shape index (κ1) is 19.2. The van der Waals surface area contributed by atoms with E-state index in [9.17, 15) is 9.18 Å². The molecule has 1 unspecified atom stereocenters. The maximum atomic E-state index is 13.8. The standard InChI is InChI=1S/C19H22ClFN2O2/c1-12-5-7-15(20)10-17(12)22-19(24)13(2)23(3)11-14-6-8-18(25-4)16(21)9-14/h5-10,13H,11H2,1-4H3,(H,22,24). The molecule has 0 aliphatic carbocycles. The van der Waals surface area contributed by atoms with Crippen molar-refractivity contribution < 1.29 is 13.9 Å². The highest BCUT2D eigenvalue weighted by atomic mass is 35.5. The van der Waals surface area contributed by atoms with Gasteiger partial charge in [-0.1, -0.05) is 23.7 Å². The Bertz CT molecular complexity index is 767. The number of benzene rings is 2. The third-order valence-electron chi connectivity index (χ3n) is 4.15. The number of carbonyl (C=O) groups excluding carboxylic acids is 1. The molecule has 134 valence electrons. The highest BCUT2D eigenvalue weighted by Gasteiger charge is 2.19. The van der Waals surface area contributed by atoms with E-state index >= 15 is 0 Å². The Hall–Kier alpha value is -2.11. The van der Waals surface area contributed by atoms with Crippen LogP contribution >= 0.6 is 11.6 Å². The molecule has 0 spiro atoms. The molecule has 0 saturated heterocycles. The van der Waals surface area contributed by atoms with Gasteiger partial charge in [0.2, 0.25) is 5.91 Å². The largest absolute Gasteiger partial charge is 0.494 e. The van der Waals surface area contributed by atoms with Gasteiger partial charge in [0, 0.05) is 17.3 Å². The Morgan fingerprint density at radius 1 is 1.32 bits per heavy atom. The summed E-state index contributed by atoms with van der Waals surface area (Å²) in [6.45, 7) is 4.14. The van der Waals surface area contributed by atoms with Gasteiger partial charge in [-0.3, -0.25) is 9.69 Å². The molecule has 25 heavy (non-hydrogen) atoms. The van der Waals surface area contributed by atoms with Gasteiger partial charge in [0.15, 0.2) is 11.6 Å². The van der Waals surface area contributed by atoms with Gasteiger partial charge in [-0.25, -0.2) is 4.39 Å². The summed E-state index contributed by atoms with van der Waals surface area (Å²) in [6, 6.07) is 9.74. The van der Waals surface area contributed by atoms with Crippen LogP contribution in [0.3, 0.4) is 0 Å². The van der Waals surface area contributed by atoms with E-state index in [0.717, 1.165) is 11.1 Å². The zero-order valence-corrected chi connectivity index (χ0v) is 15.5. The van der Waals surface area contributed by atoms with Crippen molar-refractivity contribution >= 4 is 23.2 Å². The van der Waals surface area contributed by atoms with E-state index in [0.29, 0.717) is 17.3 Å². The van der Waals surface area contributed by atoms with Gasteiger partial charge in [-0.05, 0) is 56.3 Å². The number of methoxy groups -OCH3 is 1. The summed E-state index contributed by atoms with van der Waals surface area (Å²) in [5, 5.41) is 3.45. The lowest BCUT2D eigenvalue weighted by atomic mass is 10.1. The quantitative estimate of drug-likeness (QED) is 0.832. The Labute approximate surface area is 152 Å². The molecule has 1 N–H and O–H groups in total. The molecule has 4 nitrogen and oxygen atoms in total. The van der Waals surface area contributed by atoms with Crippen molar-refractivity contribution in [1.82, 2.24) is 4.90 Å². The first-order valence-corrected chi connectivity index (χ1v) is 8.29.